The second kappa shape index (κ2) is 170. The Bertz CT molecular complexity index is 8.75. The fourth-order valence-electron chi connectivity index (χ4n) is 0. The molecule has 0 amide bonds. The minimum absolute atomic E-state index is 0. The summed E-state index contributed by atoms with van der Waals surface area (Å²) in [5, 5.41) is 0. The van der Waals surface area contributed by atoms with Crippen LogP contribution in [0.3, 0.4) is 0 Å². The summed E-state index contributed by atoms with van der Waals surface area (Å²) >= 11 is 0. The molecule has 0 aliphatic carbocycles. The van der Waals surface area contributed by atoms with Crippen molar-refractivity contribution in [2.45, 2.75) is 0 Å². The molecule has 6 radical (unpaired) electrons. The SMILES string of the molecule is [C].[Fe+3].[Fe+3].[O-2].[O-2].[O-2]. The maximum atomic E-state index is 0. The molecule has 0 saturated heterocycles. The molecule has 3 nitrogen and oxygen atoms in total. The van der Waals surface area contributed by atoms with Crippen molar-refractivity contribution in [3.63, 3.8) is 0 Å². The first-order valence-corrected chi connectivity index (χ1v) is 0. The smallest absolute Gasteiger partial charge is 2.00 e. The Morgan fingerprint density at radius 2 is 0.500 bits per heavy atom. The van der Waals surface area contributed by atoms with Crippen LogP contribution in [0.5, 0.6) is 0 Å². The minimum Gasteiger partial charge on any atom is -2.00 e. The van der Waals surface area contributed by atoms with Gasteiger partial charge in [-0.1, -0.05) is 0 Å². The van der Waals surface area contributed by atoms with Crippen molar-refractivity contribution in [1.29, 1.82) is 0 Å². The molecule has 0 aliphatic rings. The molecular weight excluding hydrogens is 172 g/mol. The van der Waals surface area contributed by atoms with Crippen LogP contribution in [-0.2, 0) is 50.6 Å². The van der Waals surface area contributed by atoms with Gasteiger partial charge in [0.1, 0.15) is 0 Å². The van der Waals surface area contributed by atoms with Gasteiger partial charge in [-0.2, -0.15) is 0 Å². The van der Waals surface area contributed by atoms with E-state index in [1.807, 2.05) is 0 Å². The minimum atomic E-state index is 0. The van der Waals surface area contributed by atoms with Crippen LogP contribution in [-0.4, -0.2) is 0 Å². The third kappa shape index (κ3) is 89.5. The van der Waals surface area contributed by atoms with Gasteiger partial charge in [0, 0.05) is 7.43 Å². The van der Waals surface area contributed by atoms with Crippen molar-refractivity contribution in [2.75, 3.05) is 0 Å². The first-order valence-electron chi connectivity index (χ1n) is 0. The zero-order chi connectivity index (χ0) is 0. The Morgan fingerprint density at radius 3 is 0.500 bits per heavy atom. The predicted molar refractivity (Wildman–Crippen MR) is 5.30 cm³/mol. The van der Waals surface area contributed by atoms with E-state index >= 15 is 0 Å². The zero-order valence-corrected chi connectivity index (χ0v) is 4.64. The molecule has 0 fully saturated rings. The molecule has 6 heavy (non-hydrogen) atoms. The quantitative estimate of drug-likeness (QED) is 0.449. The van der Waals surface area contributed by atoms with Gasteiger partial charge in [0.05, 0.1) is 0 Å². The Kier molecular flexibility index (Phi) is 8110. The van der Waals surface area contributed by atoms with E-state index in [1.54, 1.807) is 0 Å². The van der Waals surface area contributed by atoms with Gasteiger partial charge in [0.2, 0.25) is 0 Å². The monoisotopic (exact) mass is 172 g/mol. The Morgan fingerprint density at radius 1 is 0.500 bits per heavy atom. The summed E-state index contributed by atoms with van der Waals surface area (Å²) in [4.78, 5) is 0. The maximum absolute atomic E-state index is 0. The maximum Gasteiger partial charge on any atom is 3.00 e. The molecule has 0 atom stereocenters. The first kappa shape index (κ1) is 287. The van der Waals surface area contributed by atoms with Crippen LogP contribution in [0.15, 0.2) is 0 Å². The molecule has 0 saturated carbocycles. The van der Waals surface area contributed by atoms with Crippen molar-refractivity contribution >= 4 is 0 Å². The molecule has 0 aromatic carbocycles. The topological polar surface area (TPSA) is 85.5 Å². The molecule has 38 valence electrons. The summed E-state index contributed by atoms with van der Waals surface area (Å²) < 4.78 is 0. The Labute approximate surface area is 58.4 Å². The van der Waals surface area contributed by atoms with E-state index in [-0.39, 0.29) is 58.0 Å². The second-order valence-electron chi connectivity index (χ2n) is 0. The molecule has 0 heterocycles. The molecule has 5 heteroatoms. The average Bonchev–Trinajstić information content (AvgIpc) is 0. The summed E-state index contributed by atoms with van der Waals surface area (Å²) in [5.41, 5.74) is 0. The van der Waals surface area contributed by atoms with Crippen molar-refractivity contribution in [3.05, 3.63) is 7.43 Å². The van der Waals surface area contributed by atoms with Gasteiger partial charge in [-0.25, -0.2) is 0 Å². The van der Waals surface area contributed by atoms with E-state index in [0.717, 1.165) is 0 Å². The van der Waals surface area contributed by atoms with Crippen molar-refractivity contribution in [2.24, 2.45) is 0 Å². The van der Waals surface area contributed by atoms with Crippen LogP contribution in [0.25, 0.3) is 0 Å². The van der Waals surface area contributed by atoms with E-state index in [0.29, 0.717) is 0 Å². The molecule has 0 rings (SSSR count). The number of hydrogen-bond donors (Lipinski definition) is 0. The van der Waals surface area contributed by atoms with Crippen LogP contribution in [0.1, 0.15) is 0 Å². The number of hydrogen-bond acceptors (Lipinski definition) is 0. The standard InChI is InChI=1S/C.2Fe.3O/q;2*+3;3*-2. The van der Waals surface area contributed by atoms with Gasteiger partial charge < -0.3 is 16.4 Å². The van der Waals surface area contributed by atoms with Crippen LogP contribution in [0, 0.1) is 7.43 Å². The summed E-state index contributed by atoms with van der Waals surface area (Å²) in [6.07, 6.45) is 0. The molecule has 0 unspecified atom stereocenters. The molecule has 0 aromatic rings. The third-order valence-electron chi connectivity index (χ3n) is 0. The molecule has 0 spiro atoms. The average molecular weight is 172 g/mol. The van der Waals surface area contributed by atoms with Crippen molar-refractivity contribution < 1.29 is 50.6 Å². The van der Waals surface area contributed by atoms with Crippen LogP contribution < -0.4 is 0 Å². The van der Waals surface area contributed by atoms with Crippen molar-refractivity contribution in [1.82, 2.24) is 0 Å². The normalized spacial score (nSPS) is 0. The van der Waals surface area contributed by atoms with E-state index in [9.17, 15) is 0 Å². The van der Waals surface area contributed by atoms with E-state index in [1.165, 1.54) is 0 Å². The molecule has 0 aliphatic heterocycles. The predicted octanol–water partition coefficient (Wildman–Crippen LogP) is -0.280. The largest absolute Gasteiger partial charge is 3.00 e. The van der Waals surface area contributed by atoms with Gasteiger partial charge in [0.25, 0.3) is 0 Å². The van der Waals surface area contributed by atoms with E-state index in [2.05, 4.69) is 0 Å². The number of rotatable bonds is 0. The first-order chi connectivity index (χ1) is 0. The van der Waals surface area contributed by atoms with Gasteiger partial charge in [-0.3, -0.25) is 0 Å². The Balaban J connectivity index is 0. The van der Waals surface area contributed by atoms with Crippen molar-refractivity contribution in [3.8, 4) is 0 Å². The molecular formula is CFe2O3. The van der Waals surface area contributed by atoms with E-state index < -0.39 is 0 Å². The second-order valence-corrected chi connectivity index (χ2v) is 0. The summed E-state index contributed by atoms with van der Waals surface area (Å²) in [6, 6.07) is 0. The van der Waals surface area contributed by atoms with Gasteiger partial charge in [-0.15, -0.1) is 0 Å². The van der Waals surface area contributed by atoms with Gasteiger partial charge in [-0.05, 0) is 0 Å². The van der Waals surface area contributed by atoms with Crippen LogP contribution >= 0.6 is 0 Å². The third-order valence-corrected chi connectivity index (χ3v) is 0. The molecule has 0 aromatic heterocycles. The fourth-order valence-corrected chi connectivity index (χ4v) is 0. The van der Waals surface area contributed by atoms with Gasteiger partial charge >= 0.3 is 34.1 Å². The Hall–Kier alpha value is 0.919. The molecule has 0 N–H and O–H groups in total. The van der Waals surface area contributed by atoms with E-state index in [4.69, 9.17) is 0 Å². The van der Waals surface area contributed by atoms with Crippen LogP contribution in [0.2, 0.25) is 0 Å². The zero-order valence-electron chi connectivity index (χ0n) is 2.43. The fraction of sp³-hybridized carbons (Fsp3) is 0. The summed E-state index contributed by atoms with van der Waals surface area (Å²) in [7, 11) is 0. The van der Waals surface area contributed by atoms with Crippen LogP contribution in [0.4, 0.5) is 0 Å². The summed E-state index contributed by atoms with van der Waals surface area (Å²) in [5.74, 6) is 0. The summed E-state index contributed by atoms with van der Waals surface area (Å²) in [6.45, 7) is 0. The van der Waals surface area contributed by atoms with Gasteiger partial charge in [0.15, 0.2) is 0 Å². The molecule has 0 bridgehead atoms.